The molecule has 0 aliphatic rings. The second-order valence-corrected chi connectivity index (χ2v) is 4.57. The predicted octanol–water partition coefficient (Wildman–Crippen LogP) is 2.31. The van der Waals surface area contributed by atoms with E-state index in [-0.39, 0.29) is 5.91 Å². The highest BCUT2D eigenvalue weighted by atomic mass is 16.5. The van der Waals surface area contributed by atoms with Crippen LogP contribution in [0.4, 0.5) is 0 Å². The fourth-order valence-electron chi connectivity index (χ4n) is 1.65. The normalized spacial score (nSPS) is 12.1. The lowest BCUT2D eigenvalue weighted by Gasteiger charge is -2.13. The van der Waals surface area contributed by atoms with Crippen molar-refractivity contribution in [2.75, 3.05) is 0 Å². The number of carbonyl (C=O) groups excluding carboxylic acids is 1. The Labute approximate surface area is 123 Å². The van der Waals surface area contributed by atoms with Crippen molar-refractivity contribution in [2.24, 2.45) is 5.10 Å². The van der Waals surface area contributed by atoms with Gasteiger partial charge in [-0.15, -0.1) is 0 Å². The minimum atomic E-state index is -0.632. The number of benzene rings is 1. The summed E-state index contributed by atoms with van der Waals surface area (Å²) < 4.78 is 5.56. The van der Waals surface area contributed by atoms with E-state index in [4.69, 9.17) is 4.74 Å². The summed E-state index contributed by atoms with van der Waals surface area (Å²) in [6, 6.07) is 13.0. The first-order valence-electron chi connectivity index (χ1n) is 6.62. The van der Waals surface area contributed by atoms with E-state index in [2.05, 4.69) is 15.5 Å². The first-order chi connectivity index (χ1) is 10.1. The lowest BCUT2D eigenvalue weighted by Crippen LogP contribution is -2.33. The van der Waals surface area contributed by atoms with Crippen LogP contribution in [0.2, 0.25) is 0 Å². The third kappa shape index (κ3) is 4.72. The molecule has 1 amide bonds. The van der Waals surface area contributed by atoms with Crippen LogP contribution in [-0.2, 0) is 4.79 Å². The Kier molecular flexibility index (Phi) is 5.04. The van der Waals surface area contributed by atoms with Crippen LogP contribution in [0.3, 0.4) is 0 Å². The maximum atomic E-state index is 11.9. The molecule has 2 aromatic rings. The largest absolute Gasteiger partial charge is 0.481 e. The van der Waals surface area contributed by atoms with Gasteiger partial charge in [0.15, 0.2) is 6.10 Å². The molecule has 0 unspecified atom stereocenters. The van der Waals surface area contributed by atoms with E-state index >= 15 is 0 Å². The number of hydrogen-bond acceptors (Lipinski definition) is 4. The second kappa shape index (κ2) is 7.19. The van der Waals surface area contributed by atoms with Gasteiger partial charge < -0.3 is 4.74 Å². The van der Waals surface area contributed by atoms with Crippen molar-refractivity contribution in [2.45, 2.75) is 20.0 Å². The summed E-state index contributed by atoms with van der Waals surface area (Å²) in [5, 5.41) is 3.85. The minimum absolute atomic E-state index is 0.316. The number of aromatic nitrogens is 1. The molecule has 108 valence electrons. The summed E-state index contributed by atoms with van der Waals surface area (Å²) in [7, 11) is 0. The fourth-order valence-corrected chi connectivity index (χ4v) is 1.65. The highest BCUT2D eigenvalue weighted by Gasteiger charge is 2.13. The molecule has 21 heavy (non-hydrogen) atoms. The van der Waals surface area contributed by atoms with Crippen LogP contribution in [0.15, 0.2) is 53.8 Å². The van der Waals surface area contributed by atoms with E-state index in [0.717, 1.165) is 5.56 Å². The lowest BCUT2D eigenvalue weighted by atomic mass is 10.2. The number of hydrogen-bond donors (Lipinski definition) is 1. The topological polar surface area (TPSA) is 63.6 Å². The number of rotatable bonds is 5. The SMILES string of the molecule is Cc1cccc(O[C@H](C)C(=O)N/N=C\c2ccccn2)c1. The fraction of sp³-hybridized carbons (Fsp3) is 0.188. The van der Waals surface area contributed by atoms with Crippen LogP contribution in [0, 0.1) is 6.92 Å². The van der Waals surface area contributed by atoms with E-state index in [9.17, 15) is 4.79 Å². The van der Waals surface area contributed by atoms with Crippen LogP contribution >= 0.6 is 0 Å². The molecule has 0 aliphatic carbocycles. The van der Waals surface area contributed by atoms with Gasteiger partial charge in [-0.05, 0) is 43.7 Å². The van der Waals surface area contributed by atoms with E-state index in [1.54, 1.807) is 19.2 Å². The number of carbonyl (C=O) groups is 1. The van der Waals surface area contributed by atoms with Crippen LogP contribution in [0.25, 0.3) is 0 Å². The van der Waals surface area contributed by atoms with Gasteiger partial charge >= 0.3 is 0 Å². The third-order valence-corrected chi connectivity index (χ3v) is 2.73. The molecule has 1 atom stereocenters. The van der Waals surface area contributed by atoms with Crippen molar-refractivity contribution >= 4 is 12.1 Å². The van der Waals surface area contributed by atoms with Crippen LogP contribution in [0.5, 0.6) is 5.75 Å². The Morgan fingerprint density at radius 1 is 1.33 bits per heavy atom. The monoisotopic (exact) mass is 283 g/mol. The number of aryl methyl sites for hydroxylation is 1. The van der Waals surface area contributed by atoms with Crippen molar-refractivity contribution in [3.05, 3.63) is 59.9 Å². The predicted molar refractivity (Wildman–Crippen MR) is 81.2 cm³/mol. The molecule has 0 saturated heterocycles. The molecule has 0 aliphatic heterocycles. The highest BCUT2D eigenvalue weighted by Crippen LogP contribution is 2.14. The summed E-state index contributed by atoms with van der Waals surface area (Å²) in [5.74, 6) is 0.343. The van der Waals surface area contributed by atoms with Crippen molar-refractivity contribution in [1.29, 1.82) is 0 Å². The number of ether oxygens (including phenoxy) is 1. The van der Waals surface area contributed by atoms with Gasteiger partial charge in [-0.3, -0.25) is 9.78 Å². The molecular formula is C16H17N3O2. The average Bonchev–Trinajstić information content (AvgIpc) is 2.48. The van der Waals surface area contributed by atoms with Crippen LogP contribution in [0.1, 0.15) is 18.2 Å². The van der Waals surface area contributed by atoms with E-state index in [1.165, 1.54) is 6.21 Å². The van der Waals surface area contributed by atoms with Crippen molar-refractivity contribution in [1.82, 2.24) is 10.4 Å². The minimum Gasteiger partial charge on any atom is -0.481 e. The standard InChI is InChI=1S/C16H17N3O2/c1-12-6-5-8-15(10-12)21-13(2)16(20)19-18-11-14-7-3-4-9-17-14/h3-11,13H,1-2H3,(H,19,20)/b18-11-/t13-/m1/s1. The van der Waals surface area contributed by atoms with E-state index in [1.807, 2.05) is 43.3 Å². The zero-order chi connectivity index (χ0) is 15.1. The Balaban J connectivity index is 1.87. The summed E-state index contributed by atoms with van der Waals surface area (Å²) in [6.07, 6.45) is 2.51. The molecule has 1 aromatic heterocycles. The van der Waals surface area contributed by atoms with E-state index in [0.29, 0.717) is 11.4 Å². The number of pyridine rings is 1. The second-order valence-electron chi connectivity index (χ2n) is 4.57. The van der Waals surface area contributed by atoms with Gasteiger partial charge in [0, 0.05) is 6.20 Å². The molecule has 0 fully saturated rings. The first-order valence-corrected chi connectivity index (χ1v) is 6.62. The van der Waals surface area contributed by atoms with Gasteiger partial charge in [0.25, 0.3) is 5.91 Å². The van der Waals surface area contributed by atoms with Gasteiger partial charge in [-0.2, -0.15) is 5.10 Å². The quantitative estimate of drug-likeness (QED) is 0.676. The lowest BCUT2D eigenvalue weighted by molar-refractivity contribution is -0.127. The molecule has 5 nitrogen and oxygen atoms in total. The Bertz CT molecular complexity index is 626. The molecule has 2 rings (SSSR count). The number of amides is 1. The van der Waals surface area contributed by atoms with Crippen LogP contribution < -0.4 is 10.2 Å². The maximum absolute atomic E-state index is 11.9. The molecule has 1 heterocycles. The highest BCUT2D eigenvalue weighted by molar-refractivity contribution is 5.83. The van der Waals surface area contributed by atoms with Crippen molar-refractivity contribution < 1.29 is 9.53 Å². The Hall–Kier alpha value is -2.69. The van der Waals surface area contributed by atoms with Gasteiger partial charge in [0.2, 0.25) is 0 Å². The zero-order valence-electron chi connectivity index (χ0n) is 12.0. The molecule has 0 radical (unpaired) electrons. The van der Waals surface area contributed by atoms with Crippen LogP contribution in [-0.4, -0.2) is 23.2 Å². The Morgan fingerprint density at radius 3 is 2.90 bits per heavy atom. The number of nitrogens with zero attached hydrogens (tertiary/aromatic N) is 2. The summed E-state index contributed by atoms with van der Waals surface area (Å²) in [6.45, 7) is 3.64. The van der Waals surface area contributed by atoms with E-state index < -0.39 is 6.10 Å². The maximum Gasteiger partial charge on any atom is 0.280 e. The van der Waals surface area contributed by atoms with Gasteiger partial charge in [0.1, 0.15) is 5.75 Å². The van der Waals surface area contributed by atoms with Crippen molar-refractivity contribution in [3.8, 4) is 5.75 Å². The molecule has 0 saturated carbocycles. The third-order valence-electron chi connectivity index (χ3n) is 2.73. The zero-order valence-corrected chi connectivity index (χ0v) is 12.0. The summed E-state index contributed by atoms with van der Waals surface area (Å²) in [4.78, 5) is 15.9. The molecule has 0 bridgehead atoms. The van der Waals surface area contributed by atoms with Gasteiger partial charge in [-0.25, -0.2) is 5.43 Å². The van der Waals surface area contributed by atoms with Crippen molar-refractivity contribution in [3.63, 3.8) is 0 Å². The Morgan fingerprint density at radius 2 is 2.19 bits per heavy atom. The average molecular weight is 283 g/mol. The van der Waals surface area contributed by atoms with Gasteiger partial charge in [-0.1, -0.05) is 18.2 Å². The molecule has 1 aromatic carbocycles. The smallest absolute Gasteiger partial charge is 0.280 e. The first kappa shape index (κ1) is 14.7. The summed E-state index contributed by atoms with van der Waals surface area (Å²) in [5.41, 5.74) is 4.18. The molecule has 1 N–H and O–H groups in total. The molecule has 5 heteroatoms. The number of nitrogens with one attached hydrogen (secondary N) is 1. The molecule has 0 spiro atoms. The number of hydrazone groups is 1. The molecular weight excluding hydrogens is 266 g/mol. The van der Waals surface area contributed by atoms with Gasteiger partial charge in [0.05, 0.1) is 11.9 Å². The summed E-state index contributed by atoms with van der Waals surface area (Å²) >= 11 is 0.